The minimum Gasteiger partial charge on any atom is -0.368 e. The molecule has 1 unspecified atom stereocenters. The molecule has 1 aromatic carbocycles. The Balaban J connectivity index is 2.38. The van der Waals surface area contributed by atoms with E-state index in [0.29, 0.717) is 23.4 Å². The van der Waals surface area contributed by atoms with E-state index in [-0.39, 0.29) is 5.16 Å². The molecule has 10 heteroatoms. The second-order valence-electron chi connectivity index (χ2n) is 4.39. The van der Waals surface area contributed by atoms with Gasteiger partial charge in [0, 0.05) is 10.5 Å². The van der Waals surface area contributed by atoms with Crippen molar-refractivity contribution in [2.75, 3.05) is 0 Å². The maximum atomic E-state index is 12.7. The van der Waals surface area contributed by atoms with E-state index in [0.717, 1.165) is 4.47 Å². The summed E-state index contributed by atoms with van der Waals surface area (Å²) in [6.45, 7) is 0. The van der Waals surface area contributed by atoms with Gasteiger partial charge in [-0.05, 0) is 17.7 Å². The fourth-order valence-electron chi connectivity index (χ4n) is 1.68. The lowest BCUT2D eigenvalue weighted by Crippen LogP contribution is -2.21. The van der Waals surface area contributed by atoms with Gasteiger partial charge in [0.25, 0.3) is 5.56 Å². The molecule has 0 aliphatic rings. The SMILES string of the molecule is NC(=O)C(Sc1nc(C(F)(F)F)cc(=O)[nH]1)c1ccc(Br)cc1. The van der Waals surface area contributed by atoms with Crippen molar-refractivity contribution in [3.8, 4) is 0 Å². The topological polar surface area (TPSA) is 88.8 Å². The predicted molar refractivity (Wildman–Crippen MR) is 81.8 cm³/mol. The summed E-state index contributed by atoms with van der Waals surface area (Å²) in [6, 6.07) is 6.86. The van der Waals surface area contributed by atoms with Crippen LogP contribution < -0.4 is 11.3 Å². The van der Waals surface area contributed by atoms with Gasteiger partial charge in [-0.2, -0.15) is 13.2 Å². The van der Waals surface area contributed by atoms with Crippen molar-refractivity contribution in [2.24, 2.45) is 5.73 Å². The number of carbonyl (C=O) groups excluding carboxylic acids is 1. The Morgan fingerprint density at radius 3 is 2.43 bits per heavy atom. The first-order valence-electron chi connectivity index (χ1n) is 6.07. The summed E-state index contributed by atoms with van der Waals surface area (Å²) in [7, 11) is 0. The molecule has 0 saturated heterocycles. The minimum absolute atomic E-state index is 0.337. The monoisotopic (exact) mass is 407 g/mol. The van der Waals surface area contributed by atoms with Crippen LogP contribution in [0.5, 0.6) is 0 Å². The van der Waals surface area contributed by atoms with Crippen LogP contribution in [-0.4, -0.2) is 15.9 Å². The Labute approximate surface area is 140 Å². The van der Waals surface area contributed by atoms with Crippen molar-refractivity contribution < 1.29 is 18.0 Å². The summed E-state index contributed by atoms with van der Waals surface area (Å²) in [5.74, 6) is -0.766. The Hall–Kier alpha value is -1.81. The Morgan fingerprint density at radius 2 is 1.91 bits per heavy atom. The van der Waals surface area contributed by atoms with E-state index in [1.807, 2.05) is 0 Å². The summed E-state index contributed by atoms with van der Waals surface area (Å²) in [5, 5.41) is -1.33. The number of primary amides is 1. The molecular formula is C13H9BrF3N3O2S. The van der Waals surface area contributed by atoms with Crippen LogP contribution in [0.25, 0.3) is 0 Å². The third-order valence-corrected chi connectivity index (χ3v) is 4.36. The molecule has 0 spiro atoms. The molecule has 0 fully saturated rings. The van der Waals surface area contributed by atoms with Crippen LogP contribution in [0.2, 0.25) is 0 Å². The number of aromatic nitrogens is 2. The molecule has 3 N–H and O–H groups in total. The normalized spacial score (nSPS) is 12.9. The number of hydrogen-bond acceptors (Lipinski definition) is 4. The van der Waals surface area contributed by atoms with E-state index in [2.05, 4.69) is 25.9 Å². The number of hydrogen-bond donors (Lipinski definition) is 2. The lowest BCUT2D eigenvalue weighted by Gasteiger charge is -2.13. The summed E-state index contributed by atoms with van der Waals surface area (Å²) in [6.07, 6.45) is -4.76. The highest BCUT2D eigenvalue weighted by atomic mass is 79.9. The average Bonchev–Trinajstić information content (AvgIpc) is 2.44. The Morgan fingerprint density at radius 1 is 1.30 bits per heavy atom. The van der Waals surface area contributed by atoms with Gasteiger partial charge in [-0.3, -0.25) is 9.59 Å². The number of carbonyl (C=O) groups is 1. The van der Waals surface area contributed by atoms with Crippen LogP contribution in [0.4, 0.5) is 13.2 Å². The number of aromatic amines is 1. The van der Waals surface area contributed by atoms with Crippen molar-refractivity contribution in [1.82, 2.24) is 9.97 Å². The summed E-state index contributed by atoms with van der Waals surface area (Å²) in [4.78, 5) is 28.5. The Bertz CT molecular complexity index is 777. The number of benzene rings is 1. The largest absolute Gasteiger partial charge is 0.433 e. The van der Waals surface area contributed by atoms with Gasteiger partial charge in [-0.1, -0.05) is 39.8 Å². The number of thioether (sulfide) groups is 1. The van der Waals surface area contributed by atoms with Gasteiger partial charge in [0.1, 0.15) is 5.25 Å². The van der Waals surface area contributed by atoms with Gasteiger partial charge >= 0.3 is 6.18 Å². The molecule has 1 aromatic heterocycles. The van der Waals surface area contributed by atoms with Crippen LogP contribution in [0.3, 0.4) is 0 Å². The lowest BCUT2D eigenvalue weighted by atomic mass is 10.1. The molecule has 0 bridgehead atoms. The highest BCUT2D eigenvalue weighted by Crippen LogP contribution is 2.34. The number of nitrogens with two attached hydrogens (primary N) is 1. The lowest BCUT2D eigenvalue weighted by molar-refractivity contribution is -0.141. The second-order valence-corrected chi connectivity index (χ2v) is 6.39. The van der Waals surface area contributed by atoms with Gasteiger partial charge in [-0.15, -0.1) is 0 Å². The number of amides is 1. The van der Waals surface area contributed by atoms with Gasteiger partial charge in [0.05, 0.1) is 0 Å². The van der Waals surface area contributed by atoms with E-state index in [9.17, 15) is 22.8 Å². The first kappa shape index (κ1) is 17.5. The van der Waals surface area contributed by atoms with Gasteiger partial charge in [0.15, 0.2) is 10.9 Å². The number of H-pyrrole nitrogens is 1. The number of halogens is 4. The van der Waals surface area contributed by atoms with Gasteiger partial charge in [0.2, 0.25) is 5.91 Å². The minimum atomic E-state index is -4.76. The van der Waals surface area contributed by atoms with Gasteiger partial charge in [-0.25, -0.2) is 4.98 Å². The molecule has 0 radical (unpaired) electrons. The standard InChI is InChI=1S/C13H9BrF3N3O2S/c14-7-3-1-6(2-4-7)10(11(18)22)23-12-19-8(13(15,16)17)5-9(21)20-12/h1-5,10H,(H2,18,22)(H,19,20,21). The molecular weight excluding hydrogens is 399 g/mol. The van der Waals surface area contributed by atoms with Crippen molar-refractivity contribution in [1.29, 1.82) is 0 Å². The third kappa shape index (κ3) is 4.58. The van der Waals surface area contributed by atoms with Crippen molar-refractivity contribution >= 4 is 33.6 Å². The summed E-state index contributed by atoms with van der Waals surface area (Å²) in [5.41, 5.74) is 3.49. The Kier molecular flexibility index (Phi) is 5.15. The molecule has 23 heavy (non-hydrogen) atoms. The predicted octanol–water partition coefficient (Wildman–Crippen LogP) is 2.87. The number of nitrogens with zero attached hydrogens (tertiary/aromatic N) is 1. The van der Waals surface area contributed by atoms with Crippen LogP contribution in [-0.2, 0) is 11.0 Å². The molecule has 2 rings (SSSR count). The number of alkyl halides is 3. The molecule has 5 nitrogen and oxygen atoms in total. The molecule has 1 atom stereocenters. The summed E-state index contributed by atoms with van der Waals surface area (Å²) < 4.78 is 38.8. The zero-order valence-corrected chi connectivity index (χ0v) is 13.6. The van der Waals surface area contributed by atoms with Crippen molar-refractivity contribution in [2.45, 2.75) is 16.6 Å². The maximum absolute atomic E-state index is 12.7. The number of nitrogens with one attached hydrogen (secondary N) is 1. The van der Waals surface area contributed by atoms with Crippen molar-refractivity contribution in [3.63, 3.8) is 0 Å². The highest BCUT2D eigenvalue weighted by Gasteiger charge is 2.34. The van der Waals surface area contributed by atoms with E-state index in [1.165, 1.54) is 0 Å². The molecule has 0 aliphatic heterocycles. The smallest absolute Gasteiger partial charge is 0.368 e. The second kappa shape index (κ2) is 6.75. The first-order chi connectivity index (χ1) is 10.7. The van der Waals surface area contributed by atoms with Gasteiger partial charge < -0.3 is 10.7 Å². The molecule has 0 aliphatic carbocycles. The quantitative estimate of drug-likeness (QED) is 0.602. The van der Waals surface area contributed by atoms with Crippen LogP contribution in [0.1, 0.15) is 16.5 Å². The average molecular weight is 408 g/mol. The fourth-order valence-corrected chi connectivity index (χ4v) is 2.88. The maximum Gasteiger partial charge on any atom is 0.433 e. The van der Waals surface area contributed by atoms with E-state index in [4.69, 9.17) is 5.73 Å². The van der Waals surface area contributed by atoms with E-state index < -0.39 is 28.6 Å². The highest BCUT2D eigenvalue weighted by molar-refractivity contribution is 9.10. The number of rotatable bonds is 4. The third-order valence-electron chi connectivity index (χ3n) is 2.67. The summed E-state index contributed by atoms with van der Waals surface area (Å²) >= 11 is 3.88. The molecule has 0 saturated carbocycles. The molecule has 1 heterocycles. The molecule has 122 valence electrons. The van der Waals surface area contributed by atoms with Crippen molar-refractivity contribution in [3.05, 3.63) is 56.4 Å². The van der Waals surface area contributed by atoms with Crippen LogP contribution in [0, 0.1) is 0 Å². The zero-order chi connectivity index (χ0) is 17.2. The van der Waals surface area contributed by atoms with Crippen LogP contribution in [0.15, 0.2) is 44.8 Å². The van der Waals surface area contributed by atoms with E-state index in [1.54, 1.807) is 24.3 Å². The zero-order valence-electron chi connectivity index (χ0n) is 11.2. The van der Waals surface area contributed by atoms with Crippen LogP contribution >= 0.6 is 27.7 Å². The first-order valence-corrected chi connectivity index (χ1v) is 7.74. The fraction of sp³-hybridized carbons (Fsp3) is 0.154. The molecule has 1 amide bonds. The van der Waals surface area contributed by atoms with E-state index >= 15 is 0 Å². The molecule has 2 aromatic rings.